The number of fused-ring (bicyclic) bond motifs is 4. The van der Waals surface area contributed by atoms with E-state index >= 15 is 0 Å². The average molecular weight is 561 g/mol. The number of halogens is 1. The topological polar surface area (TPSA) is 62.6 Å². The van der Waals surface area contributed by atoms with E-state index in [0.717, 1.165) is 54.2 Å². The minimum absolute atomic E-state index is 0.187. The van der Waals surface area contributed by atoms with Gasteiger partial charge in [0.2, 0.25) is 0 Å². The molecule has 204 valence electrons. The van der Waals surface area contributed by atoms with Gasteiger partial charge < -0.3 is 17.6 Å². The van der Waals surface area contributed by atoms with Crippen molar-refractivity contribution in [2.45, 2.75) is 76.9 Å². The molecule has 4 atom stereocenters. The molecule has 3 heterocycles. The molecule has 2 aromatic carbocycles. The standard InChI is InChI=1S/C31H36ClN3O3.Al.H/c1-5-7-16-34-24-15-14-19(32)17-22(24)31(3,4)25(34)18-21-28(36)27(29(21)37)26-23(11-6-2)33-35(30(26)38)20-12-9-8-10-13-20;;/h8-10,12-15,17-18,21,27-29,38H,5-7,11,16H2,1-4H3;;/q-2;+2;/p-1. The number of rotatable bonds is 7. The molecule has 0 radical (unpaired) electrons. The molecule has 0 spiro atoms. The number of para-hydroxylation sites is 1. The quantitative estimate of drug-likeness (QED) is 0.360. The summed E-state index contributed by atoms with van der Waals surface area (Å²) in [4.78, 5) is 2.40. The summed E-state index contributed by atoms with van der Waals surface area (Å²) < 4.78 is 14.6. The zero-order valence-corrected chi connectivity index (χ0v) is 25.4. The molecule has 8 heteroatoms. The van der Waals surface area contributed by atoms with Gasteiger partial charge in [0.1, 0.15) is 0 Å². The maximum absolute atomic E-state index is 14.1. The lowest BCUT2D eigenvalue weighted by molar-refractivity contribution is -0.466. The predicted octanol–water partition coefficient (Wildman–Crippen LogP) is 5.45. The Kier molecular flexibility index (Phi) is 7.33. The van der Waals surface area contributed by atoms with Crippen molar-refractivity contribution in [2.75, 3.05) is 11.4 Å². The summed E-state index contributed by atoms with van der Waals surface area (Å²) in [5.41, 5.74) is 6.21. The van der Waals surface area contributed by atoms with Crippen LogP contribution in [0.2, 0.25) is 5.02 Å². The first-order valence-corrected chi connectivity index (χ1v) is 15.8. The van der Waals surface area contributed by atoms with E-state index in [1.807, 2.05) is 41.1 Å². The molecule has 1 aromatic heterocycles. The van der Waals surface area contributed by atoms with Crippen LogP contribution < -0.4 is 13.8 Å². The molecule has 6 nitrogen and oxygen atoms in total. The third-order valence-electron chi connectivity index (χ3n) is 8.64. The normalized spacial score (nSPS) is 25.7. The first-order chi connectivity index (χ1) is 18.9. The van der Waals surface area contributed by atoms with E-state index in [1.165, 1.54) is 16.9 Å². The van der Waals surface area contributed by atoms with E-state index < -0.39 is 22.0 Å². The Balaban J connectivity index is 1.39. The summed E-state index contributed by atoms with van der Waals surface area (Å²) >= 11 is 5.09. The Morgan fingerprint density at radius 1 is 1.13 bits per heavy atom. The molecule has 0 amide bonds. The summed E-state index contributed by atoms with van der Waals surface area (Å²) in [5.74, 6) is 0.222. The molecule has 6 rings (SSSR count). The molecule has 3 aliphatic rings. The lowest BCUT2D eigenvalue weighted by Gasteiger charge is -2.55. The summed E-state index contributed by atoms with van der Waals surface area (Å²) in [6.07, 6.45) is 5.15. The molecule has 39 heavy (non-hydrogen) atoms. The molecule has 4 unspecified atom stereocenters. The maximum Gasteiger partial charge on any atom is 0.741 e. The van der Waals surface area contributed by atoms with Gasteiger partial charge in [-0.05, 0) is 54.7 Å². The molecule has 1 aliphatic carbocycles. The first kappa shape index (κ1) is 26.9. The molecule has 0 bridgehead atoms. The van der Waals surface area contributed by atoms with Crippen LogP contribution in [0.1, 0.15) is 69.7 Å². The van der Waals surface area contributed by atoms with Crippen LogP contribution in [0.3, 0.4) is 0 Å². The summed E-state index contributed by atoms with van der Waals surface area (Å²) in [5, 5.41) is 19.8. The first-order valence-electron chi connectivity index (χ1n) is 14.2. The maximum atomic E-state index is 14.1. The van der Waals surface area contributed by atoms with Gasteiger partial charge in [0.05, 0.1) is 11.4 Å². The van der Waals surface area contributed by atoms with Crippen LogP contribution in [-0.4, -0.2) is 44.4 Å². The van der Waals surface area contributed by atoms with Crippen molar-refractivity contribution in [1.29, 1.82) is 0 Å². The van der Waals surface area contributed by atoms with Crippen LogP contribution >= 0.6 is 11.6 Å². The van der Waals surface area contributed by atoms with E-state index in [2.05, 4.69) is 50.8 Å². The number of hydrogen-bond acceptors (Lipinski definition) is 5. The van der Waals surface area contributed by atoms with Crippen molar-refractivity contribution in [3.63, 3.8) is 0 Å². The number of hydrogen-bond donors (Lipinski definition) is 0. The second-order valence-electron chi connectivity index (χ2n) is 11.5. The van der Waals surface area contributed by atoms with Crippen molar-refractivity contribution in [3.05, 3.63) is 82.1 Å². The number of aryl methyl sites for hydroxylation is 1. The highest BCUT2D eigenvalue weighted by atomic mass is 35.5. The van der Waals surface area contributed by atoms with Gasteiger partial charge in [-0.1, -0.05) is 76.4 Å². The number of aromatic nitrogens is 2. The largest absolute Gasteiger partial charge is 0.851 e. The minimum atomic E-state index is -1.35. The van der Waals surface area contributed by atoms with Gasteiger partial charge in [0.25, 0.3) is 0 Å². The molecule has 3 aromatic rings. The number of nitrogens with zero attached hydrogens (tertiary/aromatic N) is 3. The smallest absolute Gasteiger partial charge is 0.741 e. The second kappa shape index (κ2) is 10.6. The zero-order valence-electron chi connectivity index (χ0n) is 23.2. The van der Waals surface area contributed by atoms with Crippen molar-refractivity contribution in [1.82, 2.24) is 9.78 Å². The molecule has 2 aliphatic heterocycles. The molecular weight excluding hydrogens is 525 g/mol. The molecular formula is C31H36AlClN3O3-. The SMILES string of the molecule is CCCCN1C(=CC2C([O-])C3c4c(CCC)nn(-c5ccccc5)c4[O][AlH][O]C23)C(C)(C)c2cc(Cl)ccc21. The molecule has 1 fully saturated rings. The van der Waals surface area contributed by atoms with Gasteiger partial charge in [-0.3, -0.25) is 0 Å². The van der Waals surface area contributed by atoms with Crippen LogP contribution in [-0.2, 0) is 15.6 Å². The van der Waals surface area contributed by atoms with Crippen LogP contribution in [0.4, 0.5) is 5.69 Å². The third kappa shape index (κ3) is 4.44. The number of unbranched alkanes of at least 4 members (excludes halogenated alkanes) is 1. The highest BCUT2D eigenvalue weighted by molar-refractivity contribution is 6.30. The molecule has 0 N–H and O–H groups in total. The van der Waals surface area contributed by atoms with Gasteiger partial charge >= 0.3 is 15.9 Å². The van der Waals surface area contributed by atoms with Crippen molar-refractivity contribution in [3.8, 4) is 11.6 Å². The number of anilines is 1. The number of allylic oxidation sites excluding steroid dienone is 1. The Labute approximate surface area is 242 Å². The van der Waals surface area contributed by atoms with E-state index in [1.54, 1.807) is 0 Å². The lowest BCUT2D eigenvalue weighted by atomic mass is 9.64. The summed E-state index contributed by atoms with van der Waals surface area (Å²) in [6.45, 7) is 9.75. The van der Waals surface area contributed by atoms with Gasteiger partial charge in [0.15, 0.2) is 5.88 Å². The Hall–Kier alpha value is -2.27. The van der Waals surface area contributed by atoms with Crippen molar-refractivity contribution < 1.29 is 12.7 Å². The predicted molar refractivity (Wildman–Crippen MR) is 155 cm³/mol. The Bertz CT molecular complexity index is 1390. The van der Waals surface area contributed by atoms with Gasteiger partial charge in [-0.15, -0.1) is 6.10 Å². The molecule has 0 saturated heterocycles. The number of benzene rings is 2. The minimum Gasteiger partial charge on any atom is -0.851 e. The van der Waals surface area contributed by atoms with E-state index in [4.69, 9.17) is 24.3 Å². The Morgan fingerprint density at radius 3 is 2.67 bits per heavy atom. The van der Waals surface area contributed by atoms with Crippen molar-refractivity contribution in [2.24, 2.45) is 5.92 Å². The average Bonchev–Trinajstić information content (AvgIpc) is 3.29. The van der Waals surface area contributed by atoms with Crippen LogP contribution in [0.15, 0.2) is 60.3 Å². The second-order valence-corrected chi connectivity index (χ2v) is 12.8. The van der Waals surface area contributed by atoms with Crippen LogP contribution in [0, 0.1) is 5.92 Å². The molecule has 1 saturated carbocycles. The summed E-state index contributed by atoms with van der Waals surface area (Å²) in [6, 6.07) is 16.2. The van der Waals surface area contributed by atoms with Gasteiger partial charge in [0, 0.05) is 46.0 Å². The van der Waals surface area contributed by atoms with Gasteiger partial charge in [-0.25, -0.2) is 4.68 Å². The summed E-state index contributed by atoms with van der Waals surface area (Å²) in [7, 11) is 0. The van der Waals surface area contributed by atoms with E-state index in [9.17, 15) is 5.11 Å². The highest BCUT2D eigenvalue weighted by Crippen LogP contribution is 2.54. The zero-order chi connectivity index (χ0) is 27.3. The van der Waals surface area contributed by atoms with E-state index in [-0.39, 0.29) is 23.4 Å². The lowest BCUT2D eigenvalue weighted by Crippen LogP contribution is -2.60. The van der Waals surface area contributed by atoms with Gasteiger partial charge in [-0.2, -0.15) is 5.10 Å². The Morgan fingerprint density at radius 2 is 1.92 bits per heavy atom. The van der Waals surface area contributed by atoms with Crippen LogP contribution in [0.25, 0.3) is 5.69 Å². The van der Waals surface area contributed by atoms with Crippen LogP contribution in [0.5, 0.6) is 5.88 Å². The fourth-order valence-electron chi connectivity index (χ4n) is 6.59. The third-order valence-corrected chi connectivity index (χ3v) is 9.78. The fraction of sp³-hybridized carbons (Fsp3) is 0.452. The fourth-order valence-corrected chi connectivity index (χ4v) is 7.81. The highest BCUT2D eigenvalue weighted by Gasteiger charge is 2.51. The van der Waals surface area contributed by atoms with Crippen molar-refractivity contribution >= 4 is 33.2 Å². The monoisotopic (exact) mass is 560 g/mol. The van der Waals surface area contributed by atoms with E-state index in [0.29, 0.717) is 5.88 Å².